The van der Waals surface area contributed by atoms with Crippen molar-refractivity contribution in [2.24, 2.45) is 0 Å². The standard InChI is InChI=1S/C19H22N4O2.2C2HF3O2/c1-15-4-5-19(25-15)12-22-10-17-6-8-21-23(17)18(11-22)14-24-13-16-3-2-7-20-9-16;2*3-2(4,5)1(6)7/h2-9,18H,10-14H2,1H3;2*(H,6,7). The molecule has 0 bridgehead atoms. The lowest BCUT2D eigenvalue weighted by Gasteiger charge is -2.33. The summed E-state index contributed by atoms with van der Waals surface area (Å²) in [4.78, 5) is 24.3. The number of carbonyl (C=O) groups is 2. The molecule has 39 heavy (non-hydrogen) atoms. The first-order chi connectivity index (χ1) is 18.2. The van der Waals surface area contributed by atoms with Crippen LogP contribution in [0, 0.1) is 6.92 Å². The summed E-state index contributed by atoms with van der Waals surface area (Å²) in [6.45, 7) is 5.73. The van der Waals surface area contributed by atoms with Crippen LogP contribution in [0.5, 0.6) is 0 Å². The summed E-state index contributed by atoms with van der Waals surface area (Å²) in [7, 11) is 0. The van der Waals surface area contributed by atoms with Crippen LogP contribution in [0.1, 0.15) is 28.8 Å². The Hall–Kier alpha value is -3.92. The van der Waals surface area contributed by atoms with Gasteiger partial charge in [0.25, 0.3) is 0 Å². The summed E-state index contributed by atoms with van der Waals surface area (Å²) in [5, 5.41) is 18.7. The maximum atomic E-state index is 10.6. The highest BCUT2D eigenvalue weighted by molar-refractivity contribution is 5.73. The molecule has 4 rings (SSSR count). The second kappa shape index (κ2) is 13.7. The first-order valence-electron chi connectivity index (χ1n) is 11.0. The SMILES string of the molecule is Cc1ccc(CN2Cc3ccnn3C(COCc3cccnc3)C2)o1.O=C(O)C(F)(F)F.O=C(O)C(F)(F)F. The van der Waals surface area contributed by atoms with Crippen LogP contribution in [0.2, 0.25) is 0 Å². The highest BCUT2D eigenvalue weighted by Gasteiger charge is 2.38. The lowest BCUT2D eigenvalue weighted by Crippen LogP contribution is -2.39. The molecular weight excluding hydrogens is 542 g/mol. The Morgan fingerprint density at radius 1 is 1.05 bits per heavy atom. The number of nitrogens with zero attached hydrogens (tertiary/aromatic N) is 4. The Kier molecular flexibility index (Phi) is 11.0. The number of alkyl halides is 6. The van der Waals surface area contributed by atoms with Gasteiger partial charge >= 0.3 is 24.3 Å². The summed E-state index contributed by atoms with van der Waals surface area (Å²) in [5.41, 5.74) is 2.30. The molecule has 0 aliphatic carbocycles. The van der Waals surface area contributed by atoms with Gasteiger partial charge < -0.3 is 19.4 Å². The van der Waals surface area contributed by atoms with Gasteiger partial charge in [-0.3, -0.25) is 14.6 Å². The van der Waals surface area contributed by atoms with E-state index in [1.54, 1.807) is 6.20 Å². The normalized spacial score (nSPS) is 15.3. The Morgan fingerprint density at radius 3 is 2.21 bits per heavy atom. The number of furan rings is 1. The maximum absolute atomic E-state index is 10.6. The number of halogens is 6. The quantitative estimate of drug-likeness (QED) is 0.421. The van der Waals surface area contributed by atoms with E-state index in [1.165, 1.54) is 5.69 Å². The van der Waals surface area contributed by atoms with E-state index < -0.39 is 24.3 Å². The van der Waals surface area contributed by atoms with Crippen molar-refractivity contribution in [2.75, 3.05) is 13.2 Å². The van der Waals surface area contributed by atoms with E-state index in [0.717, 1.165) is 36.7 Å². The number of hydrogen-bond acceptors (Lipinski definition) is 7. The van der Waals surface area contributed by atoms with Gasteiger partial charge in [0.05, 0.1) is 31.5 Å². The van der Waals surface area contributed by atoms with Crippen LogP contribution in [0.15, 0.2) is 53.3 Å². The molecule has 1 atom stereocenters. The Balaban J connectivity index is 0.000000317. The number of carboxylic acids is 2. The second-order valence-electron chi connectivity index (χ2n) is 8.09. The Morgan fingerprint density at radius 2 is 1.69 bits per heavy atom. The first kappa shape index (κ1) is 31.3. The molecule has 0 fully saturated rings. The summed E-state index contributed by atoms with van der Waals surface area (Å²) in [5.74, 6) is -3.56. The zero-order chi connectivity index (χ0) is 29.2. The molecule has 2 N–H and O–H groups in total. The summed E-state index contributed by atoms with van der Waals surface area (Å²) < 4.78 is 77.2. The average Bonchev–Trinajstić information content (AvgIpc) is 3.48. The fraction of sp³-hybridized carbons (Fsp3) is 0.391. The zero-order valence-electron chi connectivity index (χ0n) is 20.3. The predicted molar refractivity (Wildman–Crippen MR) is 120 cm³/mol. The van der Waals surface area contributed by atoms with Crippen molar-refractivity contribution in [2.45, 2.75) is 45.0 Å². The van der Waals surface area contributed by atoms with Gasteiger partial charge in [0.15, 0.2) is 0 Å². The second-order valence-corrected chi connectivity index (χ2v) is 8.09. The van der Waals surface area contributed by atoms with E-state index in [2.05, 4.69) is 31.8 Å². The van der Waals surface area contributed by atoms with Crippen LogP contribution in [-0.2, 0) is 34.0 Å². The van der Waals surface area contributed by atoms with Crippen molar-refractivity contribution >= 4 is 11.9 Å². The largest absolute Gasteiger partial charge is 0.490 e. The molecule has 10 nitrogen and oxygen atoms in total. The lowest BCUT2D eigenvalue weighted by atomic mass is 10.2. The average molecular weight is 566 g/mol. The highest BCUT2D eigenvalue weighted by atomic mass is 19.4. The number of hydrogen-bond donors (Lipinski definition) is 2. The topological polar surface area (TPSA) is 131 Å². The van der Waals surface area contributed by atoms with Gasteiger partial charge in [-0.1, -0.05) is 6.07 Å². The monoisotopic (exact) mass is 566 g/mol. The van der Waals surface area contributed by atoms with E-state index in [4.69, 9.17) is 29.0 Å². The molecule has 0 spiro atoms. The molecule has 214 valence electrons. The van der Waals surface area contributed by atoms with Crippen molar-refractivity contribution in [3.8, 4) is 0 Å². The minimum absolute atomic E-state index is 0.200. The summed E-state index contributed by atoms with van der Waals surface area (Å²) >= 11 is 0. The van der Waals surface area contributed by atoms with Gasteiger partial charge in [0.1, 0.15) is 11.5 Å². The van der Waals surface area contributed by atoms with Gasteiger partial charge in [-0.15, -0.1) is 0 Å². The van der Waals surface area contributed by atoms with Crippen molar-refractivity contribution in [1.29, 1.82) is 0 Å². The smallest absolute Gasteiger partial charge is 0.475 e. The van der Waals surface area contributed by atoms with E-state index in [1.807, 2.05) is 37.5 Å². The molecule has 0 saturated carbocycles. The fourth-order valence-electron chi connectivity index (χ4n) is 3.30. The minimum atomic E-state index is -5.08. The van der Waals surface area contributed by atoms with Gasteiger partial charge in [0.2, 0.25) is 0 Å². The molecule has 3 aromatic rings. The van der Waals surface area contributed by atoms with Crippen LogP contribution >= 0.6 is 0 Å². The highest BCUT2D eigenvalue weighted by Crippen LogP contribution is 2.23. The van der Waals surface area contributed by atoms with E-state index in [9.17, 15) is 26.3 Å². The molecular formula is C23H24F6N4O6. The molecule has 3 aromatic heterocycles. The van der Waals surface area contributed by atoms with Gasteiger partial charge in [-0.05, 0) is 36.8 Å². The third-order valence-electron chi connectivity index (χ3n) is 4.91. The lowest BCUT2D eigenvalue weighted by molar-refractivity contribution is -0.193. The maximum Gasteiger partial charge on any atom is 0.490 e. The molecule has 0 amide bonds. The van der Waals surface area contributed by atoms with Crippen molar-refractivity contribution < 1.29 is 55.3 Å². The number of carboxylic acid groups (broad SMARTS) is 2. The zero-order valence-corrected chi connectivity index (χ0v) is 20.3. The van der Waals surface area contributed by atoms with Gasteiger partial charge in [-0.2, -0.15) is 31.4 Å². The molecule has 4 heterocycles. The number of rotatable bonds is 6. The number of ether oxygens (including phenoxy) is 1. The number of aromatic nitrogens is 3. The number of fused-ring (bicyclic) bond motifs is 1. The third kappa shape index (κ3) is 10.8. The minimum Gasteiger partial charge on any atom is -0.475 e. The van der Waals surface area contributed by atoms with Crippen LogP contribution in [0.3, 0.4) is 0 Å². The summed E-state index contributed by atoms with van der Waals surface area (Å²) in [6, 6.07) is 10.3. The first-order valence-corrected chi connectivity index (χ1v) is 11.0. The number of pyridine rings is 1. The Labute approximate surface area is 217 Å². The molecule has 1 aliphatic heterocycles. The molecule has 0 radical (unpaired) electrons. The van der Waals surface area contributed by atoms with Crippen LogP contribution < -0.4 is 0 Å². The molecule has 16 heteroatoms. The van der Waals surface area contributed by atoms with E-state index >= 15 is 0 Å². The molecule has 1 unspecified atom stereocenters. The molecule has 0 aromatic carbocycles. The number of aryl methyl sites for hydroxylation is 1. The van der Waals surface area contributed by atoms with Crippen LogP contribution in [0.4, 0.5) is 26.3 Å². The summed E-state index contributed by atoms with van der Waals surface area (Å²) in [6.07, 6.45) is -4.69. The van der Waals surface area contributed by atoms with Crippen molar-refractivity contribution in [3.05, 3.63) is 71.7 Å². The Bertz CT molecular complexity index is 1170. The van der Waals surface area contributed by atoms with Crippen LogP contribution in [0.25, 0.3) is 0 Å². The van der Waals surface area contributed by atoms with Gasteiger partial charge in [-0.25, -0.2) is 9.59 Å². The number of aliphatic carboxylic acids is 2. The van der Waals surface area contributed by atoms with E-state index in [-0.39, 0.29) is 6.04 Å². The third-order valence-corrected chi connectivity index (χ3v) is 4.91. The molecule has 0 saturated heterocycles. The van der Waals surface area contributed by atoms with Gasteiger partial charge in [0, 0.05) is 31.7 Å². The van der Waals surface area contributed by atoms with Crippen molar-refractivity contribution in [1.82, 2.24) is 19.7 Å². The van der Waals surface area contributed by atoms with Crippen molar-refractivity contribution in [3.63, 3.8) is 0 Å². The van der Waals surface area contributed by atoms with E-state index in [0.29, 0.717) is 13.2 Å². The predicted octanol–water partition coefficient (Wildman–Crippen LogP) is 4.22. The van der Waals surface area contributed by atoms with Crippen LogP contribution in [-0.4, -0.2) is 67.3 Å². The fourth-order valence-corrected chi connectivity index (χ4v) is 3.30. The molecule has 1 aliphatic rings.